The maximum atomic E-state index is 13.8. The Morgan fingerprint density at radius 1 is 1.22 bits per heavy atom. The Balaban J connectivity index is 2.91. The van der Waals surface area contributed by atoms with Crippen molar-refractivity contribution in [3.63, 3.8) is 0 Å². The van der Waals surface area contributed by atoms with E-state index in [1.807, 2.05) is 0 Å². The van der Waals surface area contributed by atoms with E-state index in [0.29, 0.717) is 0 Å². The maximum Gasteiger partial charge on any atom is 0.404 e. The number of halogens is 4. The fourth-order valence-corrected chi connectivity index (χ4v) is 2.21. The predicted molar refractivity (Wildman–Crippen MR) is 59.9 cm³/mol. The zero-order valence-electron chi connectivity index (χ0n) is 10.9. The van der Waals surface area contributed by atoms with E-state index in [1.165, 1.54) is 6.92 Å². The number of rotatable bonds is 1. The van der Waals surface area contributed by atoms with Crippen molar-refractivity contribution in [1.82, 2.24) is 5.32 Å². The second kappa shape index (κ2) is 4.79. The summed E-state index contributed by atoms with van der Waals surface area (Å²) in [6.45, 7) is 6.06. The van der Waals surface area contributed by atoms with Crippen LogP contribution in [-0.4, -0.2) is 30.2 Å². The zero-order chi connectivity index (χ0) is 14.3. The molecule has 18 heavy (non-hydrogen) atoms. The quantitative estimate of drug-likeness (QED) is 0.742. The molecule has 1 N–H and O–H groups in total. The van der Waals surface area contributed by atoms with E-state index < -0.39 is 41.5 Å². The van der Waals surface area contributed by atoms with E-state index in [4.69, 9.17) is 0 Å². The summed E-state index contributed by atoms with van der Waals surface area (Å²) in [5, 5.41) is 2.15. The summed E-state index contributed by atoms with van der Waals surface area (Å²) in [6.07, 6.45) is -6.27. The smallest absolute Gasteiger partial charge is 0.297 e. The van der Waals surface area contributed by atoms with Gasteiger partial charge in [0.2, 0.25) is 0 Å². The van der Waals surface area contributed by atoms with Crippen molar-refractivity contribution in [2.45, 2.75) is 58.5 Å². The van der Waals surface area contributed by atoms with Gasteiger partial charge in [0.25, 0.3) is 0 Å². The van der Waals surface area contributed by atoms with Crippen LogP contribution < -0.4 is 5.32 Å². The molecule has 0 bridgehead atoms. The number of alkyl halides is 4. The van der Waals surface area contributed by atoms with Gasteiger partial charge in [-0.25, -0.2) is 4.39 Å². The summed E-state index contributed by atoms with van der Waals surface area (Å²) in [4.78, 5) is 11.9. The molecule has 0 aromatic rings. The number of ketones is 1. The van der Waals surface area contributed by atoms with E-state index in [9.17, 15) is 22.4 Å². The lowest BCUT2D eigenvalue weighted by Crippen LogP contribution is -2.62. The summed E-state index contributed by atoms with van der Waals surface area (Å²) < 4.78 is 52.1. The Morgan fingerprint density at radius 3 is 2.11 bits per heavy atom. The molecule has 1 aliphatic heterocycles. The van der Waals surface area contributed by atoms with Crippen molar-refractivity contribution in [1.29, 1.82) is 0 Å². The molecule has 1 fully saturated rings. The SMILES string of the molecule is CC1CC(F)C(C(=O)C(C)(C)C)NC1C(F)(F)F. The average Bonchev–Trinajstić information content (AvgIpc) is 2.13. The van der Waals surface area contributed by atoms with Crippen LogP contribution in [0.2, 0.25) is 0 Å². The van der Waals surface area contributed by atoms with Gasteiger partial charge in [-0.1, -0.05) is 27.7 Å². The molecule has 1 saturated heterocycles. The second-order valence-corrected chi connectivity index (χ2v) is 6.01. The number of hydrogen-bond acceptors (Lipinski definition) is 2. The zero-order valence-corrected chi connectivity index (χ0v) is 10.9. The number of carbonyl (C=O) groups excluding carboxylic acids is 1. The number of hydrogen-bond donors (Lipinski definition) is 1. The van der Waals surface area contributed by atoms with Crippen molar-refractivity contribution >= 4 is 5.78 Å². The fourth-order valence-electron chi connectivity index (χ4n) is 2.21. The van der Waals surface area contributed by atoms with Crippen LogP contribution in [0.1, 0.15) is 34.1 Å². The van der Waals surface area contributed by atoms with Crippen LogP contribution >= 0.6 is 0 Å². The molecule has 0 spiro atoms. The Morgan fingerprint density at radius 2 is 1.72 bits per heavy atom. The highest BCUT2D eigenvalue weighted by atomic mass is 19.4. The Bertz CT molecular complexity index is 321. The van der Waals surface area contributed by atoms with Crippen molar-refractivity contribution in [2.75, 3.05) is 0 Å². The van der Waals surface area contributed by atoms with E-state index >= 15 is 0 Å². The molecule has 0 aromatic carbocycles. The van der Waals surface area contributed by atoms with E-state index in [2.05, 4.69) is 5.32 Å². The average molecular weight is 269 g/mol. The van der Waals surface area contributed by atoms with Crippen LogP contribution in [0.5, 0.6) is 0 Å². The van der Waals surface area contributed by atoms with Gasteiger partial charge in [-0.15, -0.1) is 0 Å². The summed E-state index contributed by atoms with van der Waals surface area (Å²) in [5.41, 5.74) is -0.862. The predicted octanol–water partition coefficient (Wildman–Crippen LogP) is 2.87. The molecule has 0 radical (unpaired) electrons. The molecular formula is C12H19F4NO. The fraction of sp³-hybridized carbons (Fsp3) is 0.917. The van der Waals surface area contributed by atoms with Gasteiger partial charge >= 0.3 is 6.18 Å². The summed E-state index contributed by atoms with van der Waals surface area (Å²) >= 11 is 0. The molecule has 0 aliphatic carbocycles. The van der Waals surface area contributed by atoms with Crippen LogP contribution in [0.15, 0.2) is 0 Å². The molecular weight excluding hydrogens is 250 g/mol. The monoisotopic (exact) mass is 269 g/mol. The third-order valence-corrected chi connectivity index (χ3v) is 3.26. The van der Waals surface area contributed by atoms with Gasteiger partial charge < -0.3 is 0 Å². The molecule has 1 heterocycles. The number of nitrogens with one attached hydrogen (secondary N) is 1. The second-order valence-electron chi connectivity index (χ2n) is 6.01. The lowest BCUT2D eigenvalue weighted by atomic mass is 9.79. The topological polar surface area (TPSA) is 29.1 Å². The van der Waals surface area contributed by atoms with Gasteiger partial charge in [0.1, 0.15) is 12.2 Å². The lowest BCUT2D eigenvalue weighted by Gasteiger charge is -2.40. The minimum Gasteiger partial charge on any atom is -0.297 e. The summed E-state index contributed by atoms with van der Waals surface area (Å²) in [7, 11) is 0. The number of Topliss-reactive ketones (excluding diaryl/α,β-unsaturated/α-hetero) is 1. The highest BCUT2D eigenvalue weighted by Gasteiger charge is 2.51. The third-order valence-electron chi connectivity index (χ3n) is 3.26. The molecule has 2 nitrogen and oxygen atoms in total. The normalized spacial score (nSPS) is 34.4. The minimum absolute atomic E-state index is 0.246. The number of piperidine rings is 1. The number of carbonyl (C=O) groups is 1. The standard InChI is InChI=1S/C12H19F4NO/c1-6-5-7(13)8(10(18)11(2,3)4)17-9(6)12(14,15)16/h6-9,17H,5H2,1-4H3. The van der Waals surface area contributed by atoms with Crippen LogP contribution in [-0.2, 0) is 4.79 Å². The van der Waals surface area contributed by atoms with Crippen LogP contribution in [0, 0.1) is 11.3 Å². The van der Waals surface area contributed by atoms with Crippen molar-refractivity contribution in [2.24, 2.45) is 11.3 Å². The Hall–Kier alpha value is -0.650. The summed E-state index contributed by atoms with van der Waals surface area (Å²) in [5.74, 6) is -1.39. The summed E-state index contributed by atoms with van der Waals surface area (Å²) in [6, 6.07) is -3.19. The third kappa shape index (κ3) is 3.22. The van der Waals surface area contributed by atoms with Gasteiger partial charge in [-0.2, -0.15) is 13.2 Å². The molecule has 1 rings (SSSR count). The largest absolute Gasteiger partial charge is 0.404 e. The highest BCUT2D eigenvalue weighted by molar-refractivity contribution is 5.89. The molecule has 6 heteroatoms. The minimum atomic E-state index is -4.46. The van der Waals surface area contributed by atoms with Crippen molar-refractivity contribution < 1.29 is 22.4 Å². The van der Waals surface area contributed by atoms with Crippen LogP contribution in [0.25, 0.3) is 0 Å². The molecule has 4 unspecified atom stereocenters. The van der Waals surface area contributed by atoms with Gasteiger partial charge in [0, 0.05) is 5.41 Å². The van der Waals surface area contributed by atoms with Gasteiger partial charge in [-0.3, -0.25) is 10.1 Å². The first-order valence-electron chi connectivity index (χ1n) is 5.95. The first-order chi connectivity index (χ1) is 7.94. The first-order valence-corrected chi connectivity index (χ1v) is 5.95. The van der Waals surface area contributed by atoms with Crippen molar-refractivity contribution in [3.05, 3.63) is 0 Å². The first kappa shape index (κ1) is 15.4. The van der Waals surface area contributed by atoms with Crippen molar-refractivity contribution in [3.8, 4) is 0 Å². The van der Waals surface area contributed by atoms with Gasteiger partial charge in [0.05, 0.1) is 6.04 Å². The van der Waals surface area contributed by atoms with Gasteiger partial charge in [-0.05, 0) is 12.3 Å². The molecule has 0 aromatic heterocycles. The molecule has 0 saturated carbocycles. The van der Waals surface area contributed by atoms with Gasteiger partial charge in [0.15, 0.2) is 5.78 Å². The highest BCUT2D eigenvalue weighted by Crippen LogP contribution is 2.34. The van der Waals surface area contributed by atoms with E-state index in [-0.39, 0.29) is 6.42 Å². The van der Waals surface area contributed by atoms with E-state index in [0.717, 1.165) is 0 Å². The Kier molecular flexibility index (Phi) is 4.10. The van der Waals surface area contributed by atoms with Crippen LogP contribution in [0.4, 0.5) is 17.6 Å². The molecule has 1 aliphatic rings. The molecule has 4 atom stereocenters. The lowest BCUT2D eigenvalue weighted by molar-refractivity contribution is -0.179. The molecule has 106 valence electrons. The van der Waals surface area contributed by atoms with E-state index in [1.54, 1.807) is 20.8 Å². The van der Waals surface area contributed by atoms with Crippen LogP contribution in [0.3, 0.4) is 0 Å². The maximum absolute atomic E-state index is 13.8. The molecule has 0 amide bonds. The Labute approximate surface area is 104 Å².